The van der Waals surface area contributed by atoms with Gasteiger partial charge in [-0.25, -0.2) is 9.59 Å². The Balaban J connectivity index is 1.99. The second kappa shape index (κ2) is 6.14. The van der Waals surface area contributed by atoms with Gasteiger partial charge in [0.15, 0.2) is 0 Å². The number of benzene rings is 1. The van der Waals surface area contributed by atoms with Crippen LogP contribution in [0.5, 0.6) is 5.75 Å². The molecule has 1 heterocycles. The second-order valence-electron chi connectivity index (χ2n) is 4.31. The van der Waals surface area contributed by atoms with Gasteiger partial charge in [-0.15, -0.1) is 0 Å². The van der Waals surface area contributed by atoms with E-state index in [0.717, 1.165) is 0 Å². The summed E-state index contributed by atoms with van der Waals surface area (Å²) in [6.45, 7) is 2.02. The number of urea groups is 1. The molecule has 2 rings (SSSR count). The highest BCUT2D eigenvalue weighted by Gasteiger charge is 2.19. The van der Waals surface area contributed by atoms with E-state index in [1.54, 1.807) is 23.1 Å². The minimum atomic E-state index is -0.487. The zero-order valence-corrected chi connectivity index (χ0v) is 11.2. The van der Waals surface area contributed by atoms with E-state index in [1.807, 2.05) is 0 Å². The third-order valence-corrected chi connectivity index (χ3v) is 2.97. The maximum Gasteiger partial charge on any atom is 0.341 e. The number of carbonyl (C=O) groups excluding carboxylic acids is 2. The Kier molecular flexibility index (Phi) is 4.29. The standard InChI is InChI=1S/C13H17N3O4/c1-19-12(17)10-3-2-9(14)8-11(10)20-7-6-16-5-4-15-13(16)18/h2-3,8H,4-7,14H2,1H3,(H,15,18). The van der Waals surface area contributed by atoms with Gasteiger partial charge in [0.05, 0.1) is 13.7 Å². The van der Waals surface area contributed by atoms with Crippen LogP contribution < -0.4 is 15.8 Å². The molecule has 7 heteroatoms. The first-order valence-corrected chi connectivity index (χ1v) is 6.25. The van der Waals surface area contributed by atoms with Crippen LogP contribution in [0.2, 0.25) is 0 Å². The molecule has 0 radical (unpaired) electrons. The van der Waals surface area contributed by atoms with E-state index in [-0.39, 0.29) is 12.6 Å². The summed E-state index contributed by atoms with van der Waals surface area (Å²) in [5, 5.41) is 2.70. The molecule has 0 spiro atoms. The minimum Gasteiger partial charge on any atom is -0.491 e. The molecule has 1 aromatic rings. The van der Waals surface area contributed by atoms with E-state index in [9.17, 15) is 9.59 Å². The van der Waals surface area contributed by atoms with Crippen LogP contribution in [0.1, 0.15) is 10.4 Å². The van der Waals surface area contributed by atoms with Crippen LogP contribution in [0, 0.1) is 0 Å². The summed E-state index contributed by atoms with van der Waals surface area (Å²) >= 11 is 0. The quantitative estimate of drug-likeness (QED) is 0.603. The van der Waals surface area contributed by atoms with E-state index in [2.05, 4.69) is 10.1 Å². The lowest BCUT2D eigenvalue weighted by Gasteiger charge is -2.16. The van der Waals surface area contributed by atoms with Crippen molar-refractivity contribution in [3.8, 4) is 5.75 Å². The average Bonchev–Trinajstić information content (AvgIpc) is 2.84. The monoisotopic (exact) mass is 279 g/mol. The Bertz CT molecular complexity index is 518. The van der Waals surface area contributed by atoms with Crippen molar-refractivity contribution in [3.05, 3.63) is 23.8 Å². The maximum atomic E-state index is 11.6. The lowest BCUT2D eigenvalue weighted by atomic mass is 10.2. The molecule has 20 heavy (non-hydrogen) atoms. The van der Waals surface area contributed by atoms with Crippen molar-refractivity contribution in [2.24, 2.45) is 0 Å². The lowest BCUT2D eigenvalue weighted by Crippen LogP contribution is -2.32. The fourth-order valence-electron chi connectivity index (χ4n) is 1.93. The molecular weight excluding hydrogens is 262 g/mol. The highest BCUT2D eigenvalue weighted by atomic mass is 16.5. The Hall–Kier alpha value is -2.44. The van der Waals surface area contributed by atoms with Gasteiger partial charge >= 0.3 is 12.0 Å². The van der Waals surface area contributed by atoms with Crippen LogP contribution in [-0.2, 0) is 4.74 Å². The predicted molar refractivity (Wildman–Crippen MR) is 72.7 cm³/mol. The number of nitrogens with two attached hydrogens (primary N) is 1. The van der Waals surface area contributed by atoms with E-state index in [0.29, 0.717) is 36.6 Å². The Labute approximate surface area is 116 Å². The van der Waals surface area contributed by atoms with Crippen LogP contribution in [0.4, 0.5) is 10.5 Å². The fraction of sp³-hybridized carbons (Fsp3) is 0.385. The molecule has 2 amide bonds. The largest absolute Gasteiger partial charge is 0.491 e. The highest BCUT2D eigenvalue weighted by molar-refractivity contribution is 5.93. The summed E-state index contributed by atoms with van der Waals surface area (Å²) in [6.07, 6.45) is 0. The van der Waals surface area contributed by atoms with Gasteiger partial charge in [0, 0.05) is 24.8 Å². The molecule has 0 saturated carbocycles. The number of carbonyl (C=O) groups is 2. The van der Waals surface area contributed by atoms with Crippen molar-refractivity contribution >= 4 is 17.7 Å². The molecule has 0 atom stereocenters. The number of amides is 2. The van der Waals surface area contributed by atoms with Crippen LogP contribution in [0.15, 0.2) is 18.2 Å². The molecule has 0 aliphatic carbocycles. The molecule has 108 valence electrons. The van der Waals surface area contributed by atoms with Gasteiger partial charge in [0.2, 0.25) is 0 Å². The van der Waals surface area contributed by atoms with Crippen LogP contribution in [0.3, 0.4) is 0 Å². The third-order valence-electron chi connectivity index (χ3n) is 2.97. The molecule has 1 fully saturated rings. The zero-order valence-electron chi connectivity index (χ0n) is 11.2. The smallest absolute Gasteiger partial charge is 0.341 e. The van der Waals surface area contributed by atoms with E-state index < -0.39 is 5.97 Å². The molecule has 0 bridgehead atoms. The van der Waals surface area contributed by atoms with Crippen LogP contribution in [-0.4, -0.2) is 50.3 Å². The summed E-state index contributed by atoms with van der Waals surface area (Å²) in [7, 11) is 1.30. The number of esters is 1. The average molecular weight is 279 g/mol. The number of rotatable bonds is 5. The molecule has 1 aliphatic rings. The van der Waals surface area contributed by atoms with Crippen molar-refractivity contribution in [1.82, 2.24) is 10.2 Å². The minimum absolute atomic E-state index is 0.102. The summed E-state index contributed by atoms with van der Waals surface area (Å²) in [5.41, 5.74) is 6.48. The second-order valence-corrected chi connectivity index (χ2v) is 4.31. The summed E-state index contributed by atoms with van der Waals surface area (Å²) in [5.74, 6) is -0.129. The Morgan fingerprint density at radius 3 is 2.95 bits per heavy atom. The van der Waals surface area contributed by atoms with Gasteiger partial charge in [-0.2, -0.15) is 0 Å². The van der Waals surface area contributed by atoms with Crippen LogP contribution in [0.25, 0.3) is 0 Å². The van der Waals surface area contributed by atoms with Crippen molar-refractivity contribution in [3.63, 3.8) is 0 Å². The zero-order chi connectivity index (χ0) is 14.5. The predicted octanol–water partition coefficient (Wildman–Crippen LogP) is 0.459. The van der Waals surface area contributed by atoms with Crippen molar-refractivity contribution in [1.29, 1.82) is 0 Å². The highest BCUT2D eigenvalue weighted by Crippen LogP contribution is 2.22. The number of methoxy groups -OCH3 is 1. The van der Waals surface area contributed by atoms with Gasteiger partial charge in [-0.3, -0.25) is 0 Å². The number of ether oxygens (including phenoxy) is 2. The summed E-state index contributed by atoms with van der Waals surface area (Å²) in [6, 6.07) is 4.62. The van der Waals surface area contributed by atoms with Crippen molar-refractivity contribution in [2.45, 2.75) is 0 Å². The van der Waals surface area contributed by atoms with Gasteiger partial charge in [0.1, 0.15) is 17.9 Å². The van der Waals surface area contributed by atoms with Crippen molar-refractivity contribution in [2.75, 3.05) is 39.1 Å². The molecule has 1 aromatic carbocycles. The molecule has 3 N–H and O–H groups in total. The number of nitrogens with one attached hydrogen (secondary N) is 1. The molecule has 0 unspecified atom stereocenters. The first-order chi connectivity index (χ1) is 9.61. The molecular formula is C13H17N3O4. The number of nitrogens with zero attached hydrogens (tertiary/aromatic N) is 1. The van der Waals surface area contributed by atoms with Gasteiger partial charge in [-0.1, -0.05) is 0 Å². The first-order valence-electron chi connectivity index (χ1n) is 6.25. The van der Waals surface area contributed by atoms with E-state index >= 15 is 0 Å². The normalized spacial score (nSPS) is 14.1. The van der Waals surface area contributed by atoms with Gasteiger partial charge in [-0.05, 0) is 12.1 Å². The van der Waals surface area contributed by atoms with Crippen LogP contribution >= 0.6 is 0 Å². The van der Waals surface area contributed by atoms with Crippen molar-refractivity contribution < 1.29 is 19.1 Å². The molecule has 1 aliphatic heterocycles. The first kappa shape index (κ1) is 14.0. The Morgan fingerprint density at radius 1 is 1.50 bits per heavy atom. The molecule has 1 saturated heterocycles. The summed E-state index contributed by atoms with van der Waals surface area (Å²) < 4.78 is 10.2. The number of nitrogen functional groups attached to an aromatic ring is 1. The summed E-state index contributed by atoms with van der Waals surface area (Å²) in [4.78, 5) is 24.6. The topological polar surface area (TPSA) is 93.9 Å². The number of hydrogen-bond acceptors (Lipinski definition) is 5. The van der Waals surface area contributed by atoms with Gasteiger partial charge < -0.3 is 25.4 Å². The fourth-order valence-corrected chi connectivity index (χ4v) is 1.93. The third kappa shape index (κ3) is 3.11. The van der Waals surface area contributed by atoms with E-state index in [1.165, 1.54) is 7.11 Å². The number of anilines is 1. The Morgan fingerprint density at radius 2 is 2.30 bits per heavy atom. The molecule has 7 nitrogen and oxygen atoms in total. The SMILES string of the molecule is COC(=O)c1ccc(N)cc1OCCN1CCNC1=O. The maximum absolute atomic E-state index is 11.6. The number of hydrogen-bond donors (Lipinski definition) is 2. The molecule has 0 aromatic heterocycles. The lowest BCUT2D eigenvalue weighted by molar-refractivity contribution is 0.0595. The van der Waals surface area contributed by atoms with Gasteiger partial charge in [0.25, 0.3) is 0 Å². The van der Waals surface area contributed by atoms with E-state index in [4.69, 9.17) is 10.5 Å².